The van der Waals surface area contributed by atoms with E-state index in [9.17, 15) is 24.3 Å². The van der Waals surface area contributed by atoms with Crippen molar-refractivity contribution in [3.05, 3.63) is 60.2 Å². The molecule has 10 heteroatoms. The van der Waals surface area contributed by atoms with E-state index in [1.807, 2.05) is 49.4 Å². The second-order valence-electron chi connectivity index (χ2n) is 11.1. The van der Waals surface area contributed by atoms with E-state index in [-0.39, 0.29) is 44.0 Å². The Balaban J connectivity index is 1.53. The highest BCUT2D eigenvalue weighted by atomic mass is 16.5. The lowest BCUT2D eigenvalue weighted by Crippen LogP contribution is -2.56. The minimum Gasteiger partial charge on any atom is -0.463 e. The molecule has 2 saturated heterocycles. The maximum atomic E-state index is 14.3. The van der Waals surface area contributed by atoms with Crippen LogP contribution in [0.3, 0.4) is 0 Å². The fraction of sp³-hybridized carbons (Fsp3) is 0.548. The Morgan fingerprint density at radius 3 is 2.61 bits per heavy atom. The smallest absolute Gasteiger partial charge is 0.306 e. The Morgan fingerprint density at radius 2 is 1.85 bits per heavy atom. The molecule has 0 saturated carbocycles. The number of ether oxygens (including phenoxy) is 2. The van der Waals surface area contributed by atoms with Crippen molar-refractivity contribution in [2.75, 3.05) is 32.8 Å². The van der Waals surface area contributed by atoms with Crippen molar-refractivity contribution in [3.8, 4) is 0 Å². The van der Waals surface area contributed by atoms with Crippen LogP contribution in [-0.2, 0) is 28.7 Å². The van der Waals surface area contributed by atoms with E-state index in [0.29, 0.717) is 25.9 Å². The number of nitrogens with zero attached hydrogens (tertiary/aromatic N) is 2. The van der Waals surface area contributed by atoms with Gasteiger partial charge in [-0.3, -0.25) is 19.2 Å². The third kappa shape index (κ3) is 5.55. The normalized spacial score (nSPS) is 32.7. The number of benzene rings is 1. The number of allylic oxidation sites excluding steroid dienone is 1. The molecule has 1 spiro atoms. The number of rotatable bonds is 7. The van der Waals surface area contributed by atoms with Crippen LogP contribution in [0.5, 0.6) is 0 Å². The predicted octanol–water partition coefficient (Wildman–Crippen LogP) is 1.90. The van der Waals surface area contributed by atoms with E-state index >= 15 is 0 Å². The van der Waals surface area contributed by atoms with Crippen LogP contribution in [0.15, 0.2) is 54.6 Å². The summed E-state index contributed by atoms with van der Waals surface area (Å²) < 4.78 is 12.0. The van der Waals surface area contributed by atoms with Crippen LogP contribution < -0.4 is 5.32 Å². The minimum atomic E-state index is -1.27. The predicted molar refractivity (Wildman–Crippen MR) is 149 cm³/mol. The summed E-state index contributed by atoms with van der Waals surface area (Å²) in [6.45, 7) is 2.86. The first kappa shape index (κ1) is 29.0. The Kier molecular flexibility index (Phi) is 8.89. The van der Waals surface area contributed by atoms with Gasteiger partial charge in [0.1, 0.15) is 18.2 Å². The molecule has 4 aliphatic rings. The molecule has 0 unspecified atom stereocenters. The monoisotopic (exact) mass is 565 g/mol. The number of aliphatic hydroxyl groups is 1. The summed E-state index contributed by atoms with van der Waals surface area (Å²) >= 11 is 0. The highest BCUT2D eigenvalue weighted by Crippen LogP contribution is 2.55. The number of hydrogen-bond donors (Lipinski definition) is 2. The topological polar surface area (TPSA) is 125 Å². The molecule has 4 aliphatic heterocycles. The van der Waals surface area contributed by atoms with Gasteiger partial charge in [0.2, 0.25) is 17.7 Å². The van der Waals surface area contributed by atoms with Gasteiger partial charge in [-0.05, 0) is 24.8 Å². The van der Waals surface area contributed by atoms with E-state index in [0.717, 1.165) is 18.4 Å². The number of carbonyl (C=O) groups excluding carboxylic acids is 4. The third-order valence-electron chi connectivity index (χ3n) is 8.50. The van der Waals surface area contributed by atoms with Gasteiger partial charge in [-0.1, -0.05) is 68.0 Å². The number of hydrogen-bond acceptors (Lipinski definition) is 7. The standard InChI is InChI=1S/C31H39N3O7/c1-2-3-16-33-17-9-5-8-13-24(36)40-20-22(21-11-6-4-7-12-21)32-28(37)25-23-14-15-31(41-23)26(25)29(38)34(18-10-19-35)27(31)30(33)39/h4-7,9,11-12,14-15,22-23,25-27,35H,2-3,8,10,13,16-20H2,1H3,(H,32,37)/b9-5-/t22-,23-,25+,26+,27-,31+/m0/s1. The minimum absolute atomic E-state index is 0.0509. The number of esters is 1. The highest BCUT2D eigenvalue weighted by molar-refractivity contribution is 6.00. The van der Waals surface area contributed by atoms with Crippen LogP contribution in [0.25, 0.3) is 0 Å². The molecule has 1 aromatic rings. The molecule has 41 heavy (non-hydrogen) atoms. The molecule has 5 rings (SSSR count). The van der Waals surface area contributed by atoms with Gasteiger partial charge in [0, 0.05) is 32.7 Å². The molecule has 2 fully saturated rings. The van der Waals surface area contributed by atoms with Gasteiger partial charge < -0.3 is 29.7 Å². The number of cyclic esters (lactones) is 1. The number of unbranched alkanes of at least 4 members (excludes halogenated alkanes) is 1. The van der Waals surface area contributed by atoms with Gasteiger partial charge in [0.05, 0.1) is 24.0 Å². The van der Waals surface area contributed by atoms with Crippen molar-refractivity contribution in [1.82, 2.24) is 15.1 Å². The lowest BCUT2D eigenvalue weighted by atomic mass is 9.74. The van der Waals surface area contributed by atoms with Gasteiger partial charge >= 0.3 is 5.97 Å². The molecule has 0 aromatic heterocycles. The molecule has 6 atom stereocenters. The average Bonchev–Trinajstić information content (AvgIpc) is 3.62. The van der Waals surface area contributed by atoms with Crippen molar-refractivity contribution in [2.45, 2.75) is 62.8 Å². The van der Waals surface area contributed by atoms with E-state index in [1.54, 1.807) is 17.1 Å². The average molecular weight is 566 g/mol. The third-order valence-corrected chi connectivity index (χ3v) is 8.50. The molecular weight excluding hydrogens is 526 g/mol. The summed E-state index contributed by atoms with van der Waals surface area (Å²) in [5.74, 6) is -3.08. The van der Waals surface area contributed by atoms with Crippen molar-refractivity contribution >= 4 is 23.7 Å². The Bertz CT molecular complexity index is 1200. The number of likely N-dealkylation sites (tertiary alicyclic amines) is 1. The molecule has 0 radical (unpaired) electrons. The number of aliphatic hydroxyl groups excluding tert-OH is 1. The lowest BCUT2D eigenvalue weighted by Gasteiger charge is -2.36. The van der Waals surface area contributed by atoms with Crippen molar-refractivity contribution in [3.63, 3.8) is 0 Å². The van der Waals surface area contributed by atoms with Gasteiger partial charge in [-0.15, -0.1) is 0 Å². The highest BCUT2D eigenvalue weighted by Gasteiger charge is 2.73. The molecule has 1 aromatic carbocycles. The quantitative estimate of drug-likeness (QED) is 0.382. The molecule has 3 amide bonds. The van der Waals surface area contributed by atoms with E-state index in [4.69, 9.17) is 9.47 Å². The molecule has 10 nitrogen and oxygen atoms in total. The Hall–Kier alpha value is -3.50. The maximum Gasteiger partial charge on any atom is 0.306 e. The van der Waals surface area contributed by atoms with Crippen LogP contribution in [0.1, 0.15) is 50.6 Å². The van der Waals surface area contributed by atoms with Gasteiger partial charge in [-0.25, -0.2) is 0 Å². The van der Waals surface area contributed by atoms with Gasteiger partial charge in [0.25, 0.3) is 0 Å². The summed E-state index contributed by atoms with van der Waals surface area (Å²) in [5.41, 5.74) is -0.504. The van der Waals surface area contributed by atoms with Crippen molar-refractivity contribution in [2.24, 2.45) is 11.8 Å². The second-order valence-corrected chi connectivity index (χ2v) is 11.1. The van der Waals surface area contributed by atoms with Crippen LogP contribution in [0, 0.1) is 11.8 Å². The van der Waals surface area contributed by atoms with Crippen LogP contribution in [0.4, 0.5) is 0 Å². The fourth-order valence-electron chi connectivity index (χ4n) is 6.49. The number of carbonyl (C=O) groups is 4. The molecule has 0 aliphatic carbocycles. The molecular formula is C31H39N3O7. The van der Waals surface area contributed by atoms with Crippen LogP contribution >= 0.6 is 0 Å². The summed E-state index contributed by atoms with van der Waals surface area (Å²) in [4.78, 5) is 58.0. The molecule has 5 bridgehead atoms. The summed E-state index contributed by atoms with van der Waals surface area (Å²) in [6.07, 6.45) is 9.23. The Labute approximate surface area is 240 Å². The number of fused-ring (bicyclic) bond motifs is 2. The summed E-state index contributed by atoms with van der Waals surface area (Å²) in [7, 11) is 0. The summed E-state index contributed by atoms with van der Waals surface area (Å²) in [6, 6.07) is 7.67. The first-order valence-corrected chi connectivity index (χ1v) is 14.6. The largest absolute Gasteiger partial charge is 0.463 e. The maximum absolute atomic E-state index is 14.3. The molecule has 2 N–H and O–H groups in total. The van der Waals surface area contributed by atoms with Crippen LogP contribution in [0.2, 0.25) is 0 Å². The fourth-order valence-corrected chi connectivity index (χ4v) is 6.49. The van der Waals surface area contributed by atoms with E-state index < -0.39 is 41.5 Å². The second kappa shape index (κ2) is 12.6. The van der Waals surface area contributed by atoms with Crippen molar-refractivity contribution in [1.29, 1.82) is 0 Å². The van der Waals surface area contributed by atoms with Gasteiger partial charge in [-0.2, -0.15) is 0 Å². The number of nitrogens with one attached hydrogen (secondary N) is 1. The zero-order chi connectivity index (χ0) is 29.0. The van der Waals surface area contributed by atoms with E-state index in [2.05, 4.69) is 5.32 Å². The number of amides is 3. The van der Waals surface area contributed by atoms with Crippen molar-refractivity contribution < 1.29 is 33.8 Å². The zero-order valence-corrected chi connectivity index (χ0v) is 23.4. The SMILES string of the molecule is CCCCN1C/C=C\CCC(=O)OC[C@@H](c2ccccc2)NC(=O)[C@@H]2[C@@H]3C=C[C@]4(O3)[C@H](C1=O)N(CCCO)C(=O)[C@@H]24. The van der Waals surface area contributed by atoms with Gasteiger partial charge in [0.15, 0.2) is 0 Å². The zero-order valence-electron chi connectivity index (χ0n) is 23.4. The lowest BCUT2D eigenvalue weighted by molar-refractivity contribution is -0.148. The first-order valence-electron chi connectivity index (χ1n) is 14.6. The molecule has 4 heterocycles. The first-order chi connectivity index (χ1) is 19.9. The molecule has 220 valence electrons. The van der Waals surface area contributed by atoms with E-state index in [1.165, 1.54) is 4.90 Å². The van der Waals surface area contributed by atoms with Crippen LogP contribution in [-0.4, -0.2) is 89.2 Å². The Morgan fingerprint density at radius 1 is 1.05 bits per heavy atom. The summed E-state index contributed by atoms with van der Waals surface area (Å²) in [5, 5.41) is 12.6.